The smallest absolute Gasteiger partial charge is 0.210 e. The van der Waals surface area contributed by atoms with Crippen LogP contribution < -0.4 is 4.90 Å². The van der Waals surface area contributed by atoms with E-state index in [1.165, 1.54) is 55.5 Å². The third-order valence-corrected chi connectivity index (χ3v) is 10.2. The molecule has 0 spiro atoms. The summed E-state index contributed by atoms with van der Waals surface area (Å²) in [5.41, 5.74) is 9.50. The topological polar surface area (TPSA) is 26.5 Å². The highest BCUT2D eigenvalue weighted by atomic mass is 16.3. The third-order valence-electron chi connectivity index (χ3n) is 10.2. The lowest BCUT2D eigenvalue weighted by Crippen LogP contribution is -2.27. The SMILES string of the molecule is CN1C(=CC=C2CCCC(C=CC3=[N+](C)c4ccc5ccccc5c4C3(C)C)=C2O)C(C)(C)c2c1ccc1ccccc21. The van der Waals surface area contributed by atoms with Crippen molar-refractivity contribution in [1.29, 1.82) is 0 Å². The van der Waals surface area contributed by atoms with Gasteiger partial charge in [-0.25, -0.2) is 0 Å². The minimum Gasteiger partial charge on any atom is -0.507 e. The number of benzene rings is 4. The molecule has 0 radical (unpaired) electrons. The van der Waals surface area contributed by atoms with Crippen molar-refractivity contribution < 1.29 is 9.68 Å². The molecule has 0 amide bonds. The second-order valence-corrected chi connectivity index (χ2v) is 13.4. The number of fused-ring (bicyclic) bond motifs is 6. The van der Waals surface area contributed by atoms with Crippen LogP contribution in [0.3, 0.4) is 0 Å². The van der Waals surface area contributed by atoms with E-state index in [0.29, 0.717) is 5.76 Å². The van der Waals surface area contributed by atoms with E-state index in [-0.39, 0.29) is 10.8 Å². The number of hydrogen-bond donors (Lipinski definition) is 1. The van der Waals surface area contributed by atoms with Gasteiger partial charge in [0.2, 0.25) is 5.69 Å². The molecule has 1 aliphatic carbocycles. The molecule has 0 fully saturated rings. The molecule has 1 N–H and O–H groups in total. The second kappa shape index (κ2) is 9.84. The average molecular weight is 566 g/mol. The number of nitrogens with zero attached hydrogens (tertiary/aromatic N) is 2. The molecule has 3 nitrogen and oxygen atoms in total. The molecule has 4 aromatic carbocycles. The van der Waals surface area contributed by atoms with Gasteiger partial charge in [-0.1, -0.05) is 74.5 Å². The van der Waals surface area contributed by atoms with E-state index in [0.717, 1.165) is 30.4 Å². The van der Waals surface area contributed by atoms with Gasteiger partial charge in [0.1, 0.15) is 12.8 Å². The first kappa shape index (κ1) is 27.5. The van der Waals surface area contributed by atoms with Gasteiger partial charge in [-0.2, -0.15) is 4.58 Å². The number of hydrogen-bond acceptors (Lipinski definition) is 2. The van der Waals surface area contributed by atoms with Gasteiger partial charge in [0.15, 0.2) is 5.71 Å². The number of aliphatic hydroxyl groups is 1. The van der Waals surface area contributed by atoms with Gasteiger partial charge in [-0.3, -0.25) is 0 Å². The summed E-state index contributed by atoms with van der Waals surface area (Å²) in [4.78, 5) is 2.32. The van der Waals surface area contributed by atoms with E-state index in [1.807, 2.05) is 0 Å². The summed E-state index contributed by atoms with van der Waals surface area (Å²) in [5, 5.41) is 16.7. The van der Waals surface area contributed by atoms with E-state index in [2.05, 4.69) is 148 Å². The first-order chi connectivity index (χ1) is 20.6. The number of rotatable bonds is 3. The fraction of sp³-hybridized carbons (Fsp3) is 0.275. The molecule has 2 heterocycles. The van der Waals surface area contributed by atoms with Crippen molar-refractivity contribution in [2.45, 2.75) is 57.8 Å². The highest BCUT2D eigenvalue weighted by Crippen LogP contribution is 2.50. The monoisotopic (exact) mass is 565 g/mol. The van der Waals surface area contributed by atoms with Crippen LogP contribution in [0.1, 0.15) is 58.1 Å². The summed E-state index contributed by atoms with van der Waals surface area (Å²) in [6.07, 6.45) is 11.6. The maximum Gasteiger partial charge on any atom is 0.210 e. The highest BCUT2D eigenvalue weighted by Gasteiger charge is 2.44. The Morgan fingerprint density at radius 1 is 0.744 bits per heavy atom. The Labute approximate surface area is 255 Å². The zero-order valence-electron chi connectivity index (χ0n) is 26.2. The Morgan fingerprint density at radius 3 is 2.12 bits per heavy atom. The molecule has 0 unspecified atom stereocenters. The minimum absolute atomic E-state index is 0.146. The van der Waals surface area contributed by atoms with Gasteiger partial charge in [0.05, 0.1) is 5.41 Å². The van der Waals surface area contributed by atoms with E-state index in [1.54, 1.807) is 0 Å². The van der Waals surface area contributed by atoms with Gasteiger partial charge < -0.3 is 10.0 Å². The molecule has 7 rings (SSSR count). The van der Waals surface area contributed by atoms with Crippen molar-refractivity contribution in [3.63, 3.8) is 0 Å². The van der Waals surface area contributed by atoms with Crippen LogP contribution in [0.15, 0.2) is 120 Å². The second-order valence-electron chi connectivity index (χ2n) is 13.4. The Morgan fingerprint density at radius 2 is 1.40 bits per heavy atom. The highest BCUT2D eigenvalue weighted by molar-refractivity contribution is 6.07. The molecule has 0 bridgehead atoms. The summed E-state index contributed by atoms with van der Waals surface area (Å²) in [6.45, 7) is 9.26. The molecule has 0 aromatic heterocycles. The fourth-order valence-corrected chi connectivity index (χ4v) is 7.98. The molecule has 2 aliphatic heterocycles. The van der Waals surface area contributed by atoms with Gasteiger partial charge in [-0.15, -0.1) is 0 Å². The van der Waals surface area contributed by atoms with E-state index < -0.39 is 0 Å². The lowest BCUT2D eigenvalue weighted by molar-refractivity contribution is -0.401. The van der Waals surface area contributed by atoms with Crippen LogP contribution in [-0.2, 0) is 10.8 Å². The zero-order valence-corrected chi connectivity index (χ0v) is 26.2. The summed E-state index contributed by atoms with van der Waals surface area (Å²) < 4.78 is 2.32. The number of aliphatic hydroxyl groups excluding tert-OH is 1. The first-order valence-electron chi connectivity index (χ1n) is 15.5. The Hall–Kier alpha value is -4.37. The van der Waals surface area contributed by atoms with Crippen LogP contribution in [0.5, 0.6) is 0 Å². The third kappa shape index (κ3) is 4.12. The van der Waals surface area contributed by atoms with Crippen LogP contribution in [0.25, 0.3) is 21.5 Å². The van der Waals surface area contributed by atoms with Gasteiger partial charge in [0.25, 0.3) is 0 Å². The number of anilines is 1. The summed E-state index contributed by atoms with van der Waals surface area (Å²) in [7, 11) is 4.32. The predicted octanol–water partition coefficient (Wildman–Crippen LogP) is 9.79. The molecular weight excluding hydrogens is 524 g/mol. The number of likely N-dealkylation sites (N-methyl/N-ethyl adjacent to an activating group) is 1. The van der Waals surface area contributed by atoms with Crippen molar-refractivity contribution in [2.24, 2.45) is 0 Å². The molecule has 0 saturated heterocycles. The molecule has 43 heavy (non-hydrogen) atoms. The molecule has 0 atom stereocenters. The van der Waals surface area contributed by atoms with Crippen molar-refractivity contribution in [3.8, 4) is 0 Å². The van der Waals surface area contributed by atoms with Crippen LogP contribution in [-0.4, -0.2) is 29.5 Å². The van der Waals surface area contributed by atoms with Crippen LogP contribution in [0, 0.1) is 0 Å². The summed E-state index contributed by atoms with van der Waals surface area (Å²) in [6, 6.07) is 26.3. The van der Waals surface area contributed by atoms with Crippen LogP contribution in [0.2, 0.25) is 0 Å². The van der Waals surface area contributed by atoms with Crippen molar-refractivity contribution >= 4 is 38.6 Å². The molecule has 216 valence electrons. The van der Waals surface area contributed by atoms with E-state index in [9.17, 15) is 5.11 Å². The fourth-order valence-electron chi connectivity index (χ4n) is 7.98. The maximum atomic E-state index is 11.5. The molecule has 0 saturated carbocycles. The zero-order chi connectivity index (χ0) is 30.1. The van der Waals surface area contributed by atoms with Crippen molar-refractivity contribution in [3.05, 3.63) is 131 Å². The van der Waals surface area contributed by atoms with Crippen LogP contribution >= 0.6 is 0 Å². The van der Waals surface area contributed by atoms with Crippen molar-refractivity contribution in [2.75, 3.05) is 19.0 Å². The van der Waals surface area contributed by atoms with Crippen molar-refractivity contribution in [1.82, 2.24) is 0 Å². The van der Waals surface area contributed by atoms with E-state index in [4.69, 9.17) is 0 Å². The average Bonchev–Trinajstić information content (AvgIpc) is 3.33. The lowest BCUT2D eigenvalue weighted by Gasteiger charge is -2.24. The minimum atomic E-state index is -0.146. The molecular formula is C40H41N2O+. The Kier molecular flexibility index (Phi) is 6.28. The van der Waals surface area contributed by atoms with Gasteiger partial charge in [-0.05, 0) is 95.6 Å². The predicted molar refractivity (Wildman–Crippen MR) is 182 cm³/mol. The maximum absolute atomic E-state index is 11.5. The Balaban J connectivity index is 1.22. The lowest BCUT2D eigenvalue weighted by atomic mass is 9.78. The first-order valence-corrected chi connectivity index (χ1v) is 15.5. The molecule has 3 aliphatic rings. The van der Waals surface area contributed by atoms with Gasteiger partial charge >= 0.3 is 0 Å². The molecule has 4 aromatic rings. The quantitative estimate of drug-likeness (QED) is 0.250. The number of allylic oxidation sites excluding steroid dienone is 7. The molecule has 3 heteroatoms. The normalized spacial score (nSPS) is 21.2. The summed E-state index contributed by atoms with van der Waals surface area (Å²) >= 11 is 0. The standard InChI is InChI=1S/C40H40N2O/c1-39(2)34(41(5)32-22-18-26-12-7-9-16-30(26)36(32)39)24-20-28-14-11-15-29(38(28)43)21-25-35-40(3,4)37-31-17-10-8-13-27(31)19-23-33(37)42(35)6/h7-10,12-13,16-25H,11,14-15H2,1-6H3/p+1. The van der Waals surface area contributed by atoms with Crippen LogP contribution in [0.4, 0.5) is 11.4 Å². The van der Waals surface area contributed by atoms with Gasteiger partial charge in [0, 0.05) is 41.6 Å². The Bertz CT molecular complexity index is 1980. The summed E-state index contributed by atoms with van der Waals surface area (Å²) in [5.74, 6) is 0.433. The largest absolute Gasteiger partial charge is 0.507 e. The van der Waals surface area contributed by atoms with E-state index >= 15 is 0 Å².